The number of carbonyl (C=O) groups excluding carboxylic acids is 8. The summed E-state index contributed by atoms with van der Waals surface area (Å²) in [5.74, 6) is -16.1. The first kappa shape index (κ1) is 66.3. The molecule has 0 spiro atoms. The number of fused-ring (bicyclic) bond motifs is 15. The third-order valence-corrected chi connectivity index (χ3v) is 16.1. The Labute approximate surface area is 525 Å². The fourth-order valence-electron chi connectivity index (χ4n) is 10.8. The monoisotopic (exact) mass is 1300 g/mol. The lowest BCUT2D eigenvalue weighted by Gasteiger charge is -2.39. The van der Waals surface area contributed by atoms with Crippen molar-refractivity contribution in [3.05, 3.63) is 117 Å². The number of aliphatic carboxylic acids is 1. The summed E-state index contributed by atoms with van der Waals surface area (Å²) in [6.45, 7) is 2.72. The molecule has 19 N–H and O–H groups in total. The zero-order chi connectivity index (χ0) is 66.2. The molecule has 14 atom stereocenters. The summed E-state index contributed by atoms with van der Waals surface area (Å²) in [6.07, 6.45) is -14.8. The summed E-state index contributed by atoms with van der Waals surface area (Å²) < 4.78 is 24.8. The van der Waals surface area contributed by atoms with Gasteiger partial charge in [-0.15, -0.1) is 0 Å². The van der Waals surface area contributed by atoms with E-state index in [0.29, 0.717) is 0 Å². The number of quaternary nitrogens is 1. The van der Waals surface area contributed by atoms with Crippen molar-refractivity contribution in [1.29, 1.82) is 0 Å². The molecule has 0 aliphatic carbocycles. The number of nitrogens with two attached hydrogens (primary N) is 2. The third-order valence-electron chi connectivity index (χ3n) is 15.5. The molecular weight excluding hydrogens is 1240 g/mol. The minimum atomic E-state index is -2.34. The Balaban J connectivity index is 1.32. The Kier molecular flexibility index (Phi) is 19.8. The fraction of sp³-hybridized carbons (Fsp3) is 0.356. The standard InChI is InChI=1S/C59H62Cl2N8O22/c1-20(2)10-30(63-3)52(80)68-44-46(75)22-5-8-34(28(60)12-22)88-36-14-24-15-37(51(36)91-59-50(79)49(78)48(77)38(19-70)90-59)89-35-9-6-23(13-29(35)61)47(76)45-57(85)67-43(58(86)87)27-16-25(71)17-33(73)40(27)26-11-21(4-7-32(26)72)41(54(82)69-45)66-55(83)42(24)65-53(81)31(18-39(62)74)64-56(44)84/h4-9,11-17,20,30-31,38,41-50,59,63,70-73,75-79H,10,18-19H2,1-3H3,(H2,62,74)(H,64,84)(H,65,81)(H,66,83)(H,67,85)(H,68,80)(H,69,82)(H,86,87)/t30-,31+,38-,41-,42?,43?,44?,45?,46-,47-,48-,49+,50-,59+/m1/s1. The molecule has 30 nitrogen and oxygen atoms in total. The number of aliphatic hydroxyl groups excluding tert-OH is 6. The van der Waals surface area contributed by atoms with Gasteiger partial charge in [0.2, 0.25) is 47.5 Å². The molecule has 1 saturated heterocycles. The molecule has 0 radical (unpaired) electrons. The topological polar surface area (TPSA) is 493 Å². The number of phenols is 3. The van der Waals surface area contributed by atoms with Crippen molar-refractivity contribution in [2.75, 3.05) is 13.7 Å². The zero-order valence-electron chi connectivity index (χ0n) is 48.0. The van der Waals surface area contributed by atoms with E-state index in [0.717, 1.165) is 66.7 Å². The molecule has 0 saturated carbocycles. The van der Waals surface area contributed by atoms with Crippen LogP contribution in [0.2, 0.25) is 10.0 Å². The molecule has 6 aliphatic rings. The lowest BCUT2D eigenvalue weighted by molar-refractivity contribution is -0.651. The van der Waals surface area contributed by atoms with Gasteiger partial charge >= 0.3 is 0 Å². The van der Waals surface area contributed by atoms with Crippen LogP contribution in [0.15, 0.2) is 78.9 Å². The number of likely N-dealkylation sites (N-methyl/N-ethyl adjacent to an activating group) is 1. The summed E-state index contributed by atoms with van der Waals surface area (Å²) in [4.78, 5) is 115. The SMILES string of the molecule is C[NH2+][C@H](CC(C)C)C(=O)NC1C(=O)N[C@@H](CC(N)=O)C(=O)NC2C(=O)N[C@H]3C(=O)NC(C(=O)NC(C(=O)[O-])c4cc(O)cc(O)c4-c4cc3ccc4O)[C@H](O)c3ccc(c(Cl)c3)Oc3cc2cc(c3O[C@@H]2O[C@H](CO)[C@@H](O)[C@H](O)[C@H]2O)Oc2ccc(cc2Cl)[C@H]1O. The number of aliphatic hydroxyl groups is 6. The Hall–Kier alpha value is -9.08. The molecule has 5 aromatic carbocycles. The maximum absolute atomic E-state index is 15.8. The number of amides is 7. The number of phenolic OH excluding ortho intramolecular Hbond substituents is 3. The quantitative estimate of drug-likeness (QED) is 0.0650. The minimum absolute atomic E-state index is 0.0532. The van der Waals surface area contributed by atoms with E-state index >= 15 is 14.4 Å². The number of nitrogens with one attached hydrogen (secondary N) is 6. The number of ether oxygens (including phenoxy) is 4. The summed E-state index contributed by atoms with van der Waals surface area (Å²) in [6, 6.07) is -0.740. The van der Waals surface area contributed by atoms with Crippen molar-refractivity contribution < 1.29 is 114 Å². The van der Waals surface area contributed by atoms with E-state index in [1.807, 2.05) is 13.8 Å². The smallest absolute Gasteiger partial charge is 0.278 e. The van der Waals surface area contributed by atoms with Crippen molar-refractivity contribution in [2.24, 2.45) is 11.7 Å². The van der Waals surface area contributed by atoms with E-state index in [4.69, 9.17) is 47.9 Å². The number of primary amides is 1. The highest BCUT2D eigenvalue weighted by Crippen LogP contribution is 2.49. The van der Waals surface area contributed by atoms with Crippen LogP contribution < -0.4 is 62.3 Å². The van der Waals surface area contributed by atoms with Gasteiger partial charge < -0.3 is 118 Å². The molecule has 6 heterocycles. The Morgan fingerprint density at radius 2 is 1.27 bits per heavy atom. The number of halogens is 2. The molecule has 484 valence electrons. The van der Waals surface area contributed by atoms with Crippen molar-refractivity contribution >= 4 is 70.5 Å². The van der Waals surface area contributed by atoms with Gasteiger partial charge in [-0.25, -0.2) is 0 Å². The highest BCUT2D eigenvalue weighted by atomic mass is 35.5. The lowest BCUT2D eigenvalue weighted by atomic mass is 9.89. The summed E-state index contributed by atoms with van der Waals surface area (Å²) in [5.41, 5.74) is 2.75. The molecule has 0 aromatic heterocycles. The molecule has 11 bridgehead atoms. The van der Waals surface area contributed by atoms with Gasteiger partial charge in [0.05, 0.1) is 42.1 Å². The normalized spacial score (nSPS) is 26.2. The van der Waals surface area contributed by atoms with Crippen LogP contribution in [0.5, 0.6) is 46.0 Å². The Bertz CT molecular complexity index is 3730. The van der Waals surface area contributed by atoms with E-state index < -0.39 is 213 Å². The predicted octanol–water partition coefficient (Wildman–Crippen LogP) is -2.49. The van der Waals surface area contributed by atoms with Gasteiger partial charge in [0, 0.05) is 23.6 Å². The highest BCUT2D eigenvalue weighted by molar-refractivity contribution is 6.32. The van der Waals surface area contributed by atoms with Crippen LogP contribution in [0.25, 0.3) is 11.1 Å². The Morgan fingerprint density at radius 3 is 1.86 bits per heavy atom. The van der Waals surface area contributed by atoms with Gasteiger partial charge in [0.1, 0.15) is 95.6 Å². The number of hydrogen-bond acceptors (Lipinski definition) is 22. The van der Waals surface area contributed by atoms with Gasteiger partial charge in [-0.2, -0.15) is 0 Å². The average molecular weight is 1310 g/mol. The number of rotatable bonds is 11. The van der Waals surface area contributed by atoms with Gasteiger partial charge in [-0.05, 0) is 88.3 Å². The predicted molar refractivity (Wildman–Crippen MR) is 309 cm³/mol. The number of benzene rings is 5. The number of hydrogen-bond donors (Lipinski definition) is 17. The Morgan fingerprint density at radius 1 is 0.681 bits per heavy atom. The molecule has 91 heavy (non-hydrogen) atoms. The van der Waals surface area contributed by atoms with Crippen LogP contribution in [0.3, 0.4) is 0 Å². The molecule has 7 amide bonds. The van der Waals surface area contributed by atoms with Crippen molar-refractivity contribution in [3.8, 4) is 57.1 Å². The molecule has 1 fully saturated rings. The summed E-state index contributed by atoms with van der Waals surface area (Å²) in [5, 5.41) is 129. The first-order valence-electron chi connectivity index (χ1n) is 28.0. The van der Waals surface area contributed by atoms with Crippen LogP contribution in [0.1, 0.15) is 84.8 Å². The molecule has 11 rings (SSSR count). The van der Waals surface area contributed by atoms with Crippen LogP contribution in [-0.2, 0) is 43.1 Å². The number of carbonyl (C=O) groups is 8. The van der Waals surface area contributed by atoms with E-state index in [9.17, 15) is 75.0 Å². The highest BCUT2D eigenvalue weighted by Gasteiger charge is 2.47. The minimum Gasteiger partial charge on any atom is -0.548 e. The van der Waals surface area contributed by atoms with E-state index in [1.54, 1.807) is 12.4 Å². The molecule has 5 aromatic rings. The molecular formula is C59H62Cl2N8O22. The zero-order valence-corrected chi connectivity index (χ0v) is 49.5. The largest absolute Gasteiger partial charge is 0.548 e. The summed E-state index contributed by atoms with van der Waals surface area (Å²) >= 11 is 13.8. The first-order valence-corrected chi connectivity index (χ1v) is 28.8. The second kappa shape index (κ2) is 27.2. The second-order valence-electron chi connectivity index (χ2n) is 22.3. The number of carboxylic acids is 1. The second-order valence-corrected chi connectivity index (χ2v) is 23.1. The molecule has 32 heteroatoms. The van der Waals surface area contributed by atoms with Gasteiger partial charge in [-0.3, -0.25) is 33.6 Å². The van der Waals surface area contributed by atoms with Crippen molar-refractivity contribution in [3.63, 3.8) is 0 Å². The lowest BCUT2D eigenvalue weighted by Crippen LogP contribution is -2.89. The van der Waals surface area contributed by atoms with Crippen molar-refractivity contribution in [2.45, 2.75) is 112 Å². The van der Waals surface area contributed by atoms with E-state index in [-0.39, 0.29) is 39.8 Å². The summed E-state index contributed by atoms with van der Waals surface area (Å²) in [7, 11) is 1.60. The van der Waals surface area contributed by atoms with Gasteiger partial charge in [0.15, 0.2) is 17.5 Å². The third kappa shape index (κ3) is 14.0. The fourth-order valence-corrected chi connectivity index (χ4v) is 11.3. The maximum atomic E-state index is 15.8. The molecule has 6 aliphatic heterocycles. The molecule has 4 unspecified atom stereocenters. The van der Waals surface area contributed by atoms with Crippen LogP contribution in [-0.4, -0.2) is 162 Å². The van der Waals surface area contributed by atoms with E-state index in [2.05, 4.69) is 31.9 Å². The average Bonchev–Trinajstić information content (AvgIpc) is 0.790. The van der Waals surface area contributed by atoms with Gasteiger partial charge in [-0.1, -0.05) is 55.2 Å². The van der Waals surface area contributed by atoms with Crippen LogP contribution in [0.4, 0.5) is 0 Å². The van der Waals surface area contributed by atoms with Crippen LogP contribution >= 0.6 is 23.2 Å². The van der Waals surface area contributed by atoms with Gasteiger partial charge in [0.25, 0.3) is 5.91 Å². The number of aromatic hydroxyl groups is 3. The van der Waals surface area contributed by atoms with Crippen LogP contribution in [0, 0.1) is 5.92 Å². The number of carboxylic acid groups (broad SMARTS) is 1. The van der Waals surface area contributed by atoms with E-state index in [1.165, 1.54) is 12.1 Å². The maximum Gasteiger partial charge on any atom is 0.278 e. The van der Waals surface area contributed by atoms with Crippen molar-refractivity contribution in [1.82, 2.24) is 31.9 Å². The first-order chi connectivity index (χ1) is 43.1.